The molecule has 0 amide bonds. The Hall–Kier alpha value is -1.24. The molecule has 0 spiro atoms. The summed E-state index contributed by atoms with van der Waals surface area (Å²) in [6, 6.07) is 0. The van der Waals surface area contributed by atoms with Crippen molar-refractivity contribution in [2.24, 2.45) is 0 Å². The van der Waals surface area contributed by atoms with Gasteiger partial charge >= 0.3 is 19.3 Å². The molecule has 14 N–H and O–H groups in total. The molecule has 0 aliphatic carbocycles. The maximum atomic E-state index is 9.10. The molecule has 0 unspecified atom stereocenters. The molecule has 0 aliphatic rings. The second-order valence-electron chi connectivity index (χ2n) is 0.957. The molecule has 10 nitrogen and oxygen atoms in total. The van der Waals surface area contributed by atoms with Crippen molar-refractivity contribution < 1.29 is 34.9 Å². The number of carboxylic acid groups (broad SMARTS) is 2. The summed E-state index contributed by atoms with van der Waals surface area (Å²) in [7, 11) is -2.17. The standard InChI is InChI=1S/C2H2O4.BH3O3.3H3N/c3-1(4)2(5)6;2-1(3)4;;;/h(H,3,4)(H,5,6);2-4H;3*1H3. The summed E-state index contributed by atoms with van der Waals surface area (Å²) in [4.78, 5) is 18.2. The smallest absolute Gasteiger partial charge is 0.473 e. The molecule has 0 fully saturated rings. The number of hydrogen-bond donors (Lipinski definition) is 8. The summed E-state index contributed by atoms with van der Waals surface area (Å²) in [6.45, 7) is 0. The monoisotopic (exact) mass is 203 g/mol. The number of aliphatic carboxylic acids is 2. The van der Waals surface area contributed by atoms with Gasteiger partial charge in [-0.2, -0.15) is 0 Å². The van der Waals surface area contributed by atoms with E-state index >= 15 is 0 Å². The van der Waals surface area contributed by atoms with Crippen molar-refractivity contribution in [1.29, 1.82) is 0 Å². The minimum absolute atomic E-state index is 0. The lowest BCUT2D eigenvalue weighted by atomic mass is 10.3. The molecule has 13 heavy (non-hydrogen) atoms. The Balaban J connectivity index is -0.0000000279. The average molecular weight is 203 g/mol. The fourth-order valence-electron chi connectivity index (χ4n) is 0. The van der Waals surface area contributed by atoms with E-state index in [2.05, 4.69) is 0 Å². The minimum Gasteiger partial charge on any atom is -0.473 e. The van der Waals surface area contributed by atoms with Crippen molar-refractivity contribution in [2.75, 3.05) is 0 Å². The van der Waals surface area contributed by atoms with E-state index < -0.39 is 19.3 Å². The van der Waals surface area contributed by atoms with Crippen LogP contribution in [0.15, 0.2) is 0 Å². The highest BCUT2D eigenvalue weighted by Crippen LogP contribution is 1.56. The molecule has 0 rings (SSSR count). The second kappa shape index (κ2) is 17.0. The van der Waals surface area contributed by atoms with Crippen LogP contribution in [0.25, 0.3) is 0 Å². The predicted molar refractivity (Wildman–Crippen MR) is 42.7 cm³/mol. The van der Waals surface area contributed by atoms with Crippen molar-refractivity contribution in [2.45, 2.75) is 0 Å². The molecule has 0 aromatic rings. The molecule has 0 saturated carbocycles. The normalized spacial score (nSPS) is 5.46. The molecule has 11 heteroatoms. The van der Waals surface area contributed by atoms with Crippen LogP contribution in [-0.4, -0.2) is 44.5 Å². The van der Waals surface area contributed by atoms with Gasteiger partial charge in [-0.3, -0.25) is 0 Å². The summed E-state index contributed by atoms with van der Waals surface area (Å²) in [5, 5.41) is 36.3. The Kier molecular flexibility index (Phi) is 39.0. The molecule has 0 bridgehead atoms. The van der Waals surface area contributed by atoms with Crippen molar-refractivity contribution in [1.82, 2.24) is 18.5 Å². The van der Waals surface area contributed by atoms with Gasteiger partial charge in [-0.05, 0) is 0 Å². The lowest BCUT2D eigenvalue weighted by Crippen LogP contribution is -2.09. The van der Waals surface area contributed by atoms with Crippen molar-refractivity contribution in [3.8, 4) is 0 Å². The van der Waals surface area contributed by atoms with Crippen LogP contribution in [0.2, 0.25) is 0 Å². The molecule has 0 aromatic heterocycles. The third-order valence-corrected chi connectivity index (χ3v) is 0.183. The minimum atomic E-state index is -2.17. The van der Waals surface area contributed by atoms with Crippen LogP contribution in [0.5, 0.6) is 0 Å². The van der Waals surface area contributed by atoms with E-state index in [0.29, 0.717) is 0 Å². The summed E-state index contributed by atoms with van der Waals surface area (Å²) >= 11 is 0. The maximum absolute atomic E-state index is 9.10. The number of rotatable bonds is 0. The third-order valence-electron chi connectivity index (χ3n) is 0.183. The van der Waals surface area contributed by atoms with Gasteiger partial charge in [0, 0.05) is 0 Å². The highest BCUT2D eigenvalue weighted by molar-refractivity contribution is 6.30. The zero-order chi connectivity index (χ0) is 8.73. The lowest BCUT2D eigenvalue weighted by Gasteiger charge is -1.72. The summed E-state index contributed by atoms with van der Waals surface area (Å²) in [5.41, 5.74) is 0. The topological polar surface area (TPSA) is 240 Å². The predicted octanol–water partition coefficient (Wildman–Crippen LogP) is -2.41. The van der Waals surface area contributed by atoms with Gasteiger partial charge in [-0.15, -0.1) is 0 Å². The molecule has 0 aliphatic heterocycles. The van der Waals surface area contributed by atoms with E-state index in [1.807, 2.05) is 0 Å². The van der Waals surface area contributed by atoms with E-state index in [1.54, 1.807) is 0 Å². The van der Waals surface area contributed by atoms with E-state index in [4.69, 9.17) is 34.9 Å². The first-order valence-electron chi connectivity index (χ1n) is 1.88. The summed E-state index contributed by atoms with van der Waals surface area (Å²) < 4.78 is 0. The number of carboxylic acids is 2. The molecular formula is C2H14BN3O7. The number of hydrogen-bond acceptors (Lipinski definition) is 8. The average Bonchev–Trinajstić information content (AvgIpc) is 1.63. The molecule has 0 atom stereocenters. The van der Waals surface area contributed by atoms with E-state index in [-0.39, 0.29) is 18.5 Å². The van der Waals surface area contributed by atoms with Gasteiger partial charge < -0.3 is 43.7 Å². The largest absolute Gasteiger partial charge is 0.631 e. The van der Waals surface area contributed by atoms with Gasteiger partial charge in [0.05, 0.1) is 0 Å². The Bertz CT molecular complexity index is 114. The van der Waals surface area contributed by atoms with Gasteiger partial charge in [-0.25, -0.2) is 9.59 Å². The first-order valence-corrected chi connectivity index (χ1v) is 1.88. The molecule has 0 radical (unpaired) electrons. The third kappa shape index (κ3) is 108. The Morgan fingerprint density at radius 1 is 0.769 bits per heavy atom. The molecule has 0 saturated heterocycles. The molecule has 82 valence electrons. The Morgan fingerprint density at radius 2 is 0.846 bits per heavy atom. The van der Waals surface area contributed by atoms with Crippen molar-refractivity contribution in [3.05, 3.63) is 0 Å². The first kappa shape index (κ1) is 29.8. The highest BCUT2D eigenvalue weighted by Gasteiger charge is 2.04. The van der Waals surface area contributed by atoms with E-state index in [0.717, 1.165) is 0 Å². The first-order chi connectivity index (χ1) is 4.37. The van der Waals surface area contributed by atoms with Gasteiger partial charge in [0.25, 0.3) is 0 Å². The fourth-order valence-corrected chi connectivity index (χ4v) is 0. The molecule has 0 heterocycles. The summed E-state index contributed by atoms with van der Waals surface area (Å²) in [5.74, 6) is -3.65. The van der Waals surface area contributed by atoms with Gasteiger partial charge in [0.1, 0.15) is 0 Å². The number of carbonyl (C=O) groups is 2. The Labute approximate surface area is 73.7 Å². The maximum Gasteiger partial charge on any atom is 0.631 e. The molecular weight excluding hydrogens is 189 g/mol. The van der Waals surface area contributed by atoms with Crippen molar-refractivity contribution >= 4 is 19.3 Å². The van der Waals surface area contributed by atoms with Crippen LogP contribution in [-0.2, 0) is 9.59 Å². The van der Waals surface area contributed by atoms with Gasteiger partial charge in [0.2, 0.25) is 0 Å². The Morgan fingerprint density at radius 3 is 0.846 bits per heavy atom. The van der Waals surface area contributed by atoms with Crippen LogP contribution in [0.3, 0.4) is 0 Å². The van der Waals surface area contributed by atoms with Crippen molar-refractivity contribution in [3.63, 3.8) is 0 Å². The van der Waals surface area contributed by atoms with E-state index in [9.17, 15) is 0 Å². The molecule has 0 aromatic carbocycles. The lowest BCUT2D eigenvalue weighted by molar-refractivity contribution is -0.159. The van der Waals surface area contributed by atoms with Gasteiger partial charge in [0.15, 0.2) is 0 Å². The van der Waals surface area contributed by atoms with Crippen LogP contribution in [0.4, 0.5) is 0 Å². The fraction of sp³-hybridized carbons (Fsp3) is 0. The zero-order valence-electron chi connectivity index (χ0n) is 6.75. The summed E-state index contributed by atoms with van der Waals surface area (Å²) in [6.07, 6.45) is 0. The van der Waals surface area contributed by atoms with Gasteiger partial charge in [-0.1, -0.05) is 0 Å². The van der Waals surface area contributed by atoms with Crippen LogP contribution in [0, 0.1) is 0 Å². The van der Waals surface area contributed by atoms with E-state index in [1.165, 1.54) is 0 Å². The SMILES string of the molecule is N.N.N.O=C(O)C(=O)O.OB(O)O. The highest BCUT2D eigenvalue weighted by atomic mass is 16.5. The second-order valence-corrected chi connectivity index (χ2v) is 0.957. The van der Waals surface area contributed by atoms with Crippen LogP contribution in [0.1, 0.15) is 0 Å². The van der Waals surface area contributed by atoms with Crippen LogP contribution < -0.4 is 18.5 Å². The van der Waals surface area contributed by atoms with Crippen LogP contribution >= 0.6 is 0 Å². The quantitative estimate of drug-likeness (QED) is 0.153. The zero-order valence-corrected chi connectivity index (χ0v) is 6.75.